The van der Waals surface area contributed by atoms with Crippen LogP contribution < -0.4 is 4.72 Å². The van der Waals surface area contributed by atoms with Gasteiger partial charge in [-0.3, -0.25) is 9.82 Å². The van der Waals surface area contributed by atoms with Gasteiger partial charge in [0.25, 0.3) is 10.0 Å². The summed E-state index contributed by atoms with van der Waals surface area (Å²) in [5.41, 5.74) is 1.52. The molecule has 3 rings (SSSR count). The summed E-state index contributed by atoms with van der Waals surface area (Å²) in [6, 6.07) is 14.6. The van der Waals surface area contributed by atoms with Gasteiger partial charge in [0.15, 0.2) is 5.82 Å². The van der Waals surface area contributed by atoms with E-state index in [1.54, 1.807) is 18.2 Å². The Morgan fingerprint density at radius 2 is 1.48 bits per heavy atom. The maximum atomic E-state index is 12.3. The second kappa shape index (κ2) is 6.23. The monoisotopic (exact) mass is 367 g/mol. The Morgan fingerprint density at radius 1 is 0.913 bits per heavy atom. The fourth-order valence-electron chi connectivity index (χ4n) is 1.96. The van der Waals surface area contributed by atoms with Crippen molar-refractivity contribution in [3.63, 3.8) is 0 Å². The van der Waals surface area contributed by atoms with E-state index in [1.165, 1.54) is 24.3 Å². The van der Waals surface area contributed by atoms with Crippen LogP contribution in [0.3, 0.4) is 0 Å². The Labute approximate surface area is 143 Å². The molecule has 3 aromatic rings. The first-order valence-electron chi connectivity index (χ1n) is 6.54. The number of aromatic nitrogens is 2. The molecule has 118 valence electrons. The van der Waals surface area contributed by atoms with E-state index in [9.17, 15) is 8.42 Å². The highest BCUT2D eigenvalue weighted by Crippen LogP contribution is 2.23. The number of benzene rings is 2. The van der Waals surface area contributed by atoms with Gasteiger partial charge in [0.05, 0.1) is 10.6 Å². The molecule has 0 amide bonds. The lowest BCUT2D eigenvalue weighted by atomic mass is 10.1. The molecule has 2 aromatic carbocycles. The van der Waals surface area contributed by atoms with Crippen LogP contribution in [0.1, 0.15) is 0 Å². The minimum absolute atomic E-state index is 0.109. The minimum Gasteiger partial charge on any atom is -0.276 e. The van der Waals surface area contributed by atoms with Crippen molar-refractivity contribution < 1.29 is 8.42 Å². The molecule has 5 nitrogen and oxygen atoms in total. The third-order valence-corrected chi connectivity index (χ3v) is 4.97. The van der Waals surface area contributed by atoms with Gasteiger partial charge in [-0.1, -0.05) is 35.3 Å². The second-order valence-corrected chi connectivity index (χ2v) is 7.29. The number of aromatic amines is 1. The van der Waals surface area contributed by atoms with E-state index in [4.69, 9.17) is 23.2 Å². The van der Waals surface area contributed by atoms with Crippen molar-refractivity contribution in [3.8, 4) is 11.3 Å². The lowest BCUT2D eigenvalue weighted by Crippen LogP contribution is -2.13. The predicted molar refractivity (Wildman–Crippen MR) is 91.3 cm³/mol. The van der Waals surface area contributed by atoms with Crippen molar-refractivity contribution >= 4 is 39.0 Å². The summed E-state index contributed by atoms with van der Waals surface area (Å²) >= 11 is 11.6. The van der Waals surface area contributed by atoms with Crippen molar-refractivity contribution in [2.75, 3.05) is 4.72 Å². The third-order valence-electron chi connectivity index (χ3n) is 3.10. The van der Waals surface area contributed by atoms with Gasteiger partial charge in [0.1, 0.15) is 0 Å². The normalized spacial score (nSPS) is 11.4. The first-order valence-corrected chi connectivity index (χ1v) is 8.78. The first kappa shape index (κ1) is 15.9. The third kappa shape index (κ3) is 3.67. The molecule has 0 spiro atoms. The molecular weight excluding hydrogens is 357 g/mol. The zero-order valence-corrected chi connectivity index (χ0v) is 14.0. The first-order chi connectivity index (χ1) is 10.9. The molecule has 0 fully saturated rings. The zero-order valence-electron chi connectivity index (χ0n) is 11.6. The molecule has 1 aromatic heterocycles. The molecule has 0 aliphatic heterocycles. The standard InChI is InChI=1S/C15H11Cl2N3O2S/c16-11-3-1-10(2-4-11)14-9-15(19-18-14)20-23(21,22)13-7-5-12(17)6-8-13/h1-9H,(H2,18,19,20). The number of H-pyrrole nitrogens is 1. The fourth-order valence-corrected chi connectivity index (χ4v) is 3.21. The molecule has 1 heterocycles. The average molecular weight is 368 g/mol. The highest BCUT2D eigenvalue weighted by Gasteiger charge is 2.16. The maximum Gasteiger partial charge on any atom is 0.263 e. The predicted octanol–water partition coefficient (Wildman–Crippen LogP) is 4.18. The van der Waals surface area contributed by atoms with E-state index in [1.807, 2.05) is 12.1 Å². The van der Waals surface area contributed by atoms with Gasteiger partial charge in [-0.2, -0.15) is 5.10 Å². The summed E-state index contributed by atoms with van der Waals surface area (Å²) in [4.78, 5) is 0.109. The van der Waals surface area contributed by atoms with Gasteiger partial charge in [0.2, 0.25) is 0 Å². The van der Waals surface area contributed by atoms with Gasteiger partial charge in [-0.05, 0) is 42.0 Å². The van der Waals surface area contributed by atoms with Gasteiger partial charge in [0, 0.05) is 16.1 Å². The number of anilines is 1. The lowest BCUT2D eigenvalue weighted by molar-refractivity contribution is 0.601. The summed E-state index contributed by atoms with van der Waals surface area (Å²) in [6.45, 7) is 0. The molecule has 0 aliphatic carbocycles. The topological polar surface area (TPSA) is 74.8 Å². The molecule has 8 heteroatoms. The van der Waals surface area contributed by atoms with Crippen LogP contribution in [0.4, 0.5) is 5.82 Å². The number of halogens is 2. The molecular formula is C15H11Cl2N3O2S. The van der Waals surface area contributed by atoms with E-state index in [0.717, 1.165) is 5.56 Å². The SMILES string of the molecule is O=S(=O)(Nc1cc(-c2ccc(Cl)cc2)[nH]n1)c1ccc(Cl)cc1. The number of rotatable bonds is 4. The van der Waals surface area contributed by atoms with Gasteiger partial charge >= 0.3 is 0 Å². The smallest absolute Gasteiger partial charge is 0.263 e. The molecule has 0 unspecified atom stereocenters. The molecule has 0 radical (unpaired) electrons. The minimum atomic E-state index is -3.72. The summed E-state index contributed by atoms with van der Waals surface area (Å²) in [6.07, 6.45) is 0. The molecule has 0 atom stereocenters. The molecule has 0 bridgehead atoms. The Bertz CT molecular complexity index is 920. The maximum absolute atomic E-state index is 12.3. The van der Waals surface area contributed by atoms with E-state index in [-0.39, 0.29) is 10.7 Å². The van der Waals surface area contributed by atoms with Crippen molar-refractivity contribution in [1.82, 2.24) is 10.2 Å². The van der Waals surface area contributed by atoms with Crippen molar-refractivity contribution in [1.29, 1.82) is 0 Å². The van der Waals surface area contributed by atoms with Crippen LogP contribution in [0.25, 0.3) is 11.3 Å². The fraction of sp³-hybridized carbons (Fsp3) is 0. The summed E-state index contributed by atoms with van der Waals surface area (Å²) in [5.74, 6) is 0.199. The van der Waals surface area contributed by atoms with Crippen molar-refractivity contribution in [2.45, 2.75) is 4.90 Å². The van der Waals surface area contributed by atoms with Gasteiger partial charge in [-0.15, -0.1) is 0 Å². The van der Waals surface area contributed by atoms with Gasteiger partial charge in [-0.25, -0.2) is 8.42 Å². The molecule has 0 saturated carbocycles. The Morgan fingerprint density at radius 3 is 2.09 bits per heavy atom. The lowest BCUT2D eigenvalue weighted by Gasteiger charge is -2.04. The van der Waals surface area contributed by atoms with Crippen LogP contribution in [-0.4, -0.2) is 18.6 Å². The number of nitrogens with one attached hydrogen (secondary N) is 2. The zero-order chi connectivity index (χ0) is 16.4. The van der Waals surface area contributed by atoms with Crippen LogP contribution in [0.15, 0.2) is 59.5 Å². The average Bonchev–Trinajstić information content (AvgIpc) is 2.96. The highest BCUT2D eigenvalue weighted by molar-refractivity contribution is 7.92. The summed E-state index contributed by atoms with van der Waals surface area (Å²) in [7, 11) is -3.72. The van der Waals surface area contributed by atoms with Crippen LogP contribution in [0.5, 0.6) is 0 Å². The highest BCUT2D eigenvalue weighted by atomic mass is 35.5. The summed E-state index contributed by atoms with van der Waals surface area (Å²) < 4.78 is 27.0. The van der Waals surface area contributed by atoms with Crippen LogP contribution in [0, 0.1) is 0 Å². The van der Waals surface area contributed by atoms with Crippen LogP contribution in [-0.2, 0) is 10.0 Å². The molecule has 0 aliphatic rings. The Kier molecular flexibility index (Phi) is 4.30. The number of sulfonamides is 1. The van der Waals surface area contributed by atoms with Crippen molar-refractivity contribution in [3.05, 3.63) is 64.6 Å². The Balaban J connectivity index is 1.83. The van der Waals surface area contributed by atoms with Crippen LogP contribution >= 0.6 is 23.2 Å². The number of hydrogen-bond donors (Lipinski definition) is 2. The Hall–Kier alpha value is -2.02. The van der Waals surface area contributed by atoms with Gasteiger partial charge < -0.3 is 0 Å². The van der Waals surface area contributed by atoms with E-state index in [2.05, 4.69) is 14.9 Å². The van der Waals surface area contributed by atoms with E-state index < -0.39 is 10.0 Å². The molecule has 2 N–H and O–H groups in total. The largest absolute Gasteiger partial charge is 0.276 e. The molecule has 23 heavy (non-hydrogen) atoms. The second-order valence-electron chi connectivity index (χ2n) is 4.73. The summed E-state index contributed by atoms with van der Waals surface area (Å²) in [5, 5.41) is 7.84. The van der Waals surface area contributed by atoms with Crippen LogP contribution in [0.2, 0.25) is 10.0 Å². The van der Waals surface area contributed by atoms with E-state index in [0.29, 0.717) is 15.7 Å². The van der Waals surface area contributed by atoms with E-state index >= 15 is 0 Å². The quantitative estimate of drug-likeness (QED) is 0.725. The van der Waals surface area contributed by atoms with Crippen molar-refractivity contribution in [2.24, 2.45) is 0 Å². The number of hydrogen-bond acceptors (Lipinski definition) is 3. The number of nitrogens with zero attached hydrogens (tertiary/aromatic N) is 1. The molecule has 0 saturated heterocycles.